The van der Waals surface area contributed by atoms with Crippen molar-refractivity contribution in [2.75, 3.05) is 14.2 Å². The number of benzene rings is 1. The van der Waals surface area contributed by atoms with Crippen LogP contribution in [0.3, 0.4) is 0 Å². The van der Waals surface area contributed by atoms with E-state index in [0.29, 0.717) is 0 Å². The smallest absolute Gasteiger partial charge is 0.165 e. The van der Waals surface area contributed by atoms with E-state index in [1.807, 2.05) is 29.8 Å². The van der Waals surface area contributed by atoms with Crippen molar-refractivity contribution in [3.8, 4) is 11.5 Å². The minimum atomic E-state index is 0.719. The van der Waals surface area contributed by atoms with Crippen molar-refractivity contribution in [2.24, 2.45) is 0 Å². The molecule has 21 heavy (non-hydrogen) atoms. The Bertz CT molecular complexity index is 593. The first kappa shape index (κ1) is 15.4. The predicted molar refractivity (Wildman–Crippen MR) is 82.7 cm³/mol. The highest BCUT2D eigenvalue weighted by atomic mass is 16.5. The molecule has 0 spiro atoms. The molecule has 114 valence electrons. The van der Waals surface area contributed by atoms with Gasteiger partial charge in [-0.2, -0.15) is 5.10 Å². The van der Waals surface area contributed by atoms with Crippen LogP contribution in [-0.4, -0.2) is 24.0 Å². The molecule has 1 N–H and O–H groups in total. The van der Waals surface area contributed by atoms with Crippen molar-refractivity contribution in [1.82, 2.24) is 15.1 Å². The number of methoxy groups -OCH3 is 2. The lowest BCUT2D eigenvalue weighted by molar-refractivity contribution is 0.350. The van der Waals surface area contributed by atoms with E-state index in [1.54, 1.807) is 14.2 Å². The van der Waals surface area contributed by atoms with E-state index < -0.39 is 0 Å². The quantitative estimate of drug-likeness (QED) is 0.851. The van der Waals surface area contributed by atoms with Gasteiger partial charge in [0.05, 0.1) is 19.9 Å². The highest BCUT2D eigenvalue weighted by molar-refractivity contribution is 5.46. The van der Waals surface area contributed by atoms with Crippen LogP contribution in [-0.2, 0) is 19.6 Å². The fourth-order valence-electron chi connectivity index (χ4n) is 2.32. The Kier molecular flexibility index (Phi) is 5.22. The molecule has 5 heteroatoms. The van der Waals surface area contributed by atoms with E-state index in [-0.39, 0.29) is 0 Å². The van der Waals surface area contributed by atoms with Crippen LogP contribution in [0, 0.1) is 6.92 Å². The standard InChI is InChI=1S/C16H23N3O2/c1-5-19-11-14(12(2)18-19)10-17-9-13-7-6-8-15(20-3)16(13)21-4/h6-8,11,17H,5,9-10H2,1-4H3. The molecule has 0 saturated heterocycles. The zero-order valence-electron chi connectivity index (χ0n) is 13.1. The summed E-state index contributed by atoms with van der Waals surface area (Å²) in [6, 6.07) is 5.91. The Morgan fingerprint density at radius 2 is 1.90 bits per heavy atom. The Balaban J connectivity index is 2.01. The van der Waals surface area contributed by atoms with Gasteiger partial charge in [-0.25, -0.2) is 0 Å². The number of rotatable bonds is 7. The van der Waals surface area contributed by atoms with Crippen LogP contribution in [0.25, 0.3) is 0 Å². The van der Waals surface area contributed by atoms with Crippen molar-refractivity contribution < 1.29 is 9.47 Å². The number of aromatic nitrogens is 2. The summed E-state index contributed by atoms with van der Waals surface area (Å²) in [5.74, 6) is 1.54. The van der Waals surface area contributed by atoms with Gasteiger partial charge in [-0.15, -0.1) is 0 Å². The maximum Gasteiger partial charge on any atom is 0.165 e. The zero-order chi connectivity index (χ0) is 15.2. The Hall–Kier alpha value is -2.01. The third kappa shape index (κ3) is 3.55. The molecule has 0 radical (unpaired) electrons. The molecule has 1 aromatic heterocycles. The Morgan fingerprint density at radius 3 is 2.52 bits per heavy atom. The number of para-hydroxylation sites is 1. The van der Waals surface area contributed by atoms with E-state index >= 15 is 0 Å². The SMILES string of the molecule is CCn1cc(CNCc2cccc(OC)c2OC)c(C)n1. The van der Waals surface area contributed by atoms with Gasteiger partial charge in [0.2, 0.25) is 0 Å². The summed E-state index contributed by atoms with van der Waals surface area (Å²) in [5.41, 5.74) is 3.37. The predicted octanol–water partition coefficient (Wildman–Crippen LogP) is 2.52. The first-order valence-corrected chi connectivity index (χ1v) is 7.13. The summed E-state index contributed by atoms with van der Waals surface area (Å²) in [6.07, 6.45) is 2.09. The topological polar surface area (TPSA) is 48.3 Å². The fourth-order valence-corrected chi connectivity index (χ4v) is 2.32. The molecule has 1 aromatic carbocycles. The van der Waals surface area contributed by atoms with Crippen molar-refractivity contribution in [1.29, 1.82) is 0 Å². The van der Waals surface area contributed by atoms with Crippen LogP contribution < -0.4 is 14.8 Å². The minimum Gasteiger partial charge on any atom is -0.493 e. The lowest BCUT2D eigenvalue weighted by Gasteiger charge is -2.13. The molecular formula is C16H23N3O2. The van der Waals surface area contributed by atoms with Crippen LogP contribution in [0.15, 0.2) is 24.4 Å². The van der Waals surface area contributed by atoms with Crippen molar-refractivity contribution >= 4 is 0 Å². The molecule has 0 aliphatic rings. The molecular weight excluding hydrogens is 266 g/mol. The lowest BCUT2D eigenvalue weighted by atomic mass is 10.1. The van der Waals surface area contributed by atoms with E-state index in [0.717, 1.165) is 42.4 Å². The molecule has 0 unspecified atom stereocenters. The van der Waals surface area contributed by atoms with Crippen LogP contribution in [0.2, 0.25) is 0 Å². The van der Waals surface area contributed by atoms with Crippen molar-refractivity contribution in [3.05, 3.63) is 41.2 Å². The maximum atomic E-state index is 5.43. The van der Waals surface area contributed by atoms with Gasteiger partial charge in [0, 0.05) is 37.0 Å². The summed E-state index contributed by atoms with van der Waals surface area (Å²) in [6.45, 7) is 6.52. The highest BCUT2D eigenvalue weighted by Crippen LogP contribution is 2.30. The Morgan fingerprint density at radius 1 is 1.14 bits per heavy atom. The van der Waals surface area contributed by atoms with Crippen LogP contribution in [0.5, 0.6) is 11.5 Å². The molecule has 0 atom stereocenters. The third-order valence-electron chi connectivity index (χ3n) is 3.49. The van der Waals surface area contributed by atoms with Crippen LogP contribution in [0.4, 0.5) is 0 Å². The molecule has 2 rings (SSSR count). The average Bonchev–Trinajstić information content (AvgIpc) is 2.87. The normalized spacial score (nSPS) is 10.7. The van der Waals surface area contributed by atoms with Crippen LogP contribution in [0.1, 0.15) is 23.7 Å². The first-order chi connectivity index (χ1) is 10.2. The molecule has 0 fully saturated rings. The summed E-state index contributed by atoms with van der Waals surface area (Å²) < 4.78 is 12.7. The van der Waals surface area contributed by atoms with Gasteiger partial charge in [0.1, 0.15) is 0 Å². The number of ether oxygens (including phenoxy) is 2. The third-order valence-corrected chi connectivity index (χ3v) is 3.49. The largest absolute Gasteiger partial charge is 0.493 e. The molecule has 1 heterocycles. The number of nitrogens with one attached hydrogen (secondary N) is 1. The molecule has 5 nitrogen and oxygen atoms in total. The van der Waals surface area contributed by atoms with Gasteiger partial charge < -0.3 is 14.8 Å². The maximum absolute atomic E-state index is 5.43. The molecule has 0 bridgehead atoms. The van der Waals surface area contributed by atoms with E-state index in [4.69, 9.17) is 9.47 Å². The number of hydrogen-bond acceptors (Lipinski definition) is 4. The first-order valence-electron chi connectivity index (χ1n) is 7.13. The number of aryl methyl sites for hydroxylation is 2. The molecule has 0 aliphatic heterocycles. The second-order valence-electron chi connectivity index (χ2n) is 4.85. The monoisotopic (exact) mass is 289 g/mol. The second-order valence-corrected chi connectivity index (χ2v) is 4.85. The summed E-state index contributed by atoms with van der Waals surface area (Å²) >= 11 is 0. The van der Waals surface area contributed by atoms with Gasteiger partial charge in [-0.3, -0.25) is 4.68 Å². The average molecular weight is 289 g/mol. The number of nitrogens with zero attached hydrogens (tertiary/aromatic N) is 2. The molecule has 0 aliphatic carbocycles. The van der Waals surface area contributed by atoms with Gasteiger partial charge in [-0.05, 0) is 19.9 Å². The summed E-state index contributed by atoms with van der Waals surface area (Å²) in [5, 5.41) is 7.88. The van der Waals surface area contributed by atoms with Crippen molar-refractivity contribution in [2.45, 2.75) is 33.5 Å². The molecule has 0 amide bonds. The van der Waals surface area contributed by atoms with Gasteiger partial charge >= 0.3 is 0 Å². The van der Waals surface area contributed by atoms with Gasteiger partial charge in [-0.1, -0.05) is 12.1 Å². The summed E-state index contributed by atoms with van der Waals surface area (Å²) in [4.78, 5) is 0. The van der Waals surface area contributed by atoms with Gasteiger partial charge in [0.15, 0.2) is 11.5 Å². The minimum absolute atomic E-state index is 0.719. The molecule has 0 saturated carbocycles. The lowest BCUT2D eigenvalue weighted by Crippen LogP contribution is -2.14. The van der Waals surface area contributed by atoms with Crippen LogP contribution >= 0.6 is 0 Å². The second kappa shape index (κ2) is 7.13. The Labute approximate surface area is 125 Å². The fraction of sp³-hybridized carbons (Fsp3) is 0.438. The number of hydrogen-bond donors (Lipinski definition) is 1. The zero-order valence-corrected chi connectivity index (χ0v) is 13.1. The van der Waals surface area contributed by atoms with Crippen molar-refractivity contribution in [3.63, 3.8) is 0 Å². The van der Waals surface area contributed by atoms with E-state index in [1.165, 1.54) is 5.56 Å². The highest BCUT2D eigenvalue weighted by Gasteiger charge is 2.09. The van der Waals surface area contributed by atoms with E-state index in [9.17, 15) is 0 Å². The summed E-state index contributed by atoms with van der Waals surface area (Å²) in [7, 11) is 3.31. The van der Waals surface area contributed by atoms with E-state index in [2.05, 4.69) is 23.5 Å². The van der Waals surface area contributed by atoms with Gasteiger partial charge in [0.25, 0.3) is 0 Å². The molecule has 2 aromatic rings.